The zero-order valence-electron chi connectivity index (χ0n) is 17.8. The van der Waals surface area contributed by atoms with Gasteiger partial charge in [-0.25, -0.2) is 4.39 Å². The zero-order chi connectivity index (χ0) is 21.9. The van der Waals surface area contributed by atoms with Gasteiger partial charge in [-0.2, -0.15) is 8.78 Å². The minimum absolute atomic E-state index is 0. The highest BCUT2D eigenvalue weighted by molar-refractivity contribution is 14.0. The highest BCUT2D eigenvalue weighted by Gasteiger charge is 2.22. The van der Waals surface area contributed by atoms with Crippen LogP contribution >= 0.6 is 24.0 Å². The van der Waals surface area contributed by atoms with Crippen LogP contribution in [0.25, 0.3) is 0 Å². The molecular weight excluding hydrogens is 526 g/mol. The average molecular weight is 557 g/mol. The number of carbonyl (C=O) groups excluding carboxylic acids is 1. The van der Waals surface area contributed by atoms with E-state index in [0.717, 1.165) is 32.4 Å². The molecule has 0 aliphatic carbocycles. The molecule has 2 rings (SSSR count). The molecule has 1 saturated heterocycles. The highest BCUT2D eigenvalue weighted by atomic mass is 127. The van der Waals surface area contributed by atoms with Crippen molar-refractivity contribution >= 4 is 35.8 Å². The summed E-state index contributed by atoms with van der Waals surface area (Å²) >= 11 is 0. The Morgan fingerprint density at radius 3 is 2.61 bits per heavy atom. The van der Waals surface area contributed by atoms with E-state index in [9.17, 15) is 18.0 Å². The van der Waals surface area contributed by atoms with Crippen LogP contribution < -0.4 is 20.7 Å². The number of aliphatic imine (C=N–C) groups is 1. The number of hydrogen-bond donors (Lipinski definition) is 3. The Hall–Kier alpha value is -1.76. The summed E-state index contributed by atoms with van der Waals surface area (Å²) in [6, 6.07) is 3.95. The Bertz CT molecular complexity index is 716. The third kappa shape index (κ3) is 9.50. The first kappa shape index (κ1) is 27.3. The van der Waals surface area contributed by atoms with Gasteiger partial charge in [0.1, 0.15) is 11.6 Å². The van der Waals surface area contributed by atoms with Gasteiger partial charge in [-0.05, 0) is 31.4 Å². The van der Waals surface area contributed by atoms with Gasteiger partial charge in [-0.15, -0.1) is 24.0 Å². The number of amides is 1. The number of carbonyl (C=O) groups is 1. The van der Waals surface area contributed by atoms with Crippen molar-refractivity contribution in [1.82, 2.24) is 20.9 Å². The molecule has 1 amide bonds. The van der Waals surface area contributed by atoms with Crippen LogP contribution in [0.5, 0.6) is 5.75 Å². The Morgan fingerprint density at radius 1 is 1.29 bits per heavy atom. The quantitative estimate of drug-likeness (QED) is 0.248. The number of rotatable bonds is 9. The van der Waals surface area contributed by atoms with Gasteiger partial charge >= 0.3 is 6.61 Å². The van der Waals surface area contributed by atoms with Gasteiger partial charge in [0.2, 0.25) is 5.91 Å². The van der Waals surface area contributed by atoms with Gasteiger partial charge in [-0.1, -0.05) is 13.0 Å². The summed E-state index contributed by atoms with van der Waals surface area (Å²) in [6.07, 6.45) is 2.55. The first-order chi connectivity index (χ1) is 14.4. The standard InChI is InChI=1S/C20H30F3N5O2.HI/c1-3-9-25-18(29)13-28-10-7-14(8-11-28)27-20(24-2)26-12-15-16(21)5-4-6-17(15)30-19(22)23;/h4-6,14,19H,3,7-13H2,1-2H3,(H,25,29)(H2,24,26,27);1H. The van der Waals surface area contributed by atoms with Gasteiger partial charge in [0.25, 0.3) is 0 Å². The molecule has 1 aromatic rings. The van der Waals surface area contributed by atoms with E-state index in [2.05, 4.69) is 30.6 Å². The molecule has 1 aliphatic rings. The summed E-state index contributed by atoms with van der Waals surface area (Å²) in [6.45, 7) is 1.55. The number of piperidine rings is 1. The molecule has 0 unspecified atom stereocenters. The van der Waals surface area contributed by atoms with Crippen molar-refractivity contribution < 1.29 is 22.7 Å². The van der Waals surface area contributed by atoms with Crippen molar-refractivity contribution in [2.75, 3.05) is 33.2 Å². The fourth-order valence-corrected chi connectivity index (χ4v) is 3.24. The summed E-state index contributed by atoms with van der Waals surface area (Å²) in [5.74, 6) is -0.360. The molecule has 3 N–H and O–H groups in total. The lowest BCUT2D eigenvalue weighted by atomic mass is 10.1. The van der Waals surface area contributed by atoms with Gasteiger partial charge in [0, 0.05) is 44.8 Å². The second-order valence-corrected chi connectivity index (χ2v) is 7.07. The minimum atomic E-state index is -3.03. The molecule has 0 spiro atoms. The molecule has 0 atom stereocenters. The summed E-state index contributed by atoms with van der Waals surface area (Å²) in [4.78, 5) is 18.1. The van der Waals surface area contributed by atoms with Gasteiger partial charge in [0.05, 0.1) is 6.54 Å². The van der Waals surface area contributed by atoms with Crippen LogP contribution in [0, 0.1) is 5.82 Å². The zero-order valence-corrected chi connectivity index (χ0v) is 20.1. The lowest BCUT2D eigenvalue weighted by Gasteiger charge is -2.32. The Morgan fingerprint density at radius 2 is 2.00 bits per heavy atom. The number of nitrogens with zero attached hydrogens (tertiary/aromatic N) is 2. The number of benzene rings is 1. The Kier molecular flexibility index (Phi) is 12.6. The molecule has 1 fully saturated rings. The normalized spacial score (nSPS) is 15.4. The molecule has 0 bridgehead atoms. The van der Waals surface area contributed by atoms with E-state index >= 15 is 0 Å². The van der Waals surface area contributed by atoms with Gasteiger partial charge in [0.15, 0.2) is 5.96 Å². The predicted octanol–water partition coefficient (Wildman–Crippen LogP) is 2.70. The molecule has 1 aromatic carbocycles. The maximum Gasteiger partial charge on any atom is 0.387 e. The van der Waals surface area contributed by atoms with E-state index in [-0.39, 0.29) is 53.8 Å². The molecule has 176 valence electrons. The van der Waals surface area contributed by atoms with Crippen LogP contribution in [0.15, 0.2) is 23.2 Å². The van der Waals surface area contributed by atoms with Crippen LogP contribution in [-0.4, -0.2) is 62.6 Å². The van der Waals surface area contributed by atoms with Gasteiger partial charge in [-0.3, -0.25) is 14.7 Å². The van der Waals surface area contributed by atoms with E-state index in [4.69, 9.17) is 0 Å². The molecule has 0 radical (unpaired) electrons. The molecule has 1 heterocycles. The lowest BCUT2D eigenvalue weighted by Crippen LogP contribution is -2.50. The van der Waals surface area contributed by atoms with E-state index in [1.165, 1.54) is 18.2 Å². The third-order valence-electron chi connectivity index (χ3n) is 4.82. The molecule has 11 heteroatoms. The third-order valence-corrected chi connectivity index (χ3v) is 4.82. The number of guanidine groups is 1. The fourth-order valence-electron chi connectivity index (χ4n) is 3.24. The van der Waals surface area contributed by atoms with Crippen LogP contribution in [0.2, 0.25) is 0 Å². The average Bonchev–Trinajstić information content (AvgIpc) is 2.71. The lowest BCUT2D eigenvalue weighted by molar-refractivity contribution is -0.122. The number of alkyl halides is 2. The van der Waals surface area contributed by atoms with Crippen LogP contribution in [0.3, 0.4) is 0 Å². The van der Waals surface area contributed by atoms with Crippen molar-refractivity contribution in [2.45, 2.75) is 45.4 Å². The highest BCUT2D eigenvalue weighted by Crippen LogP contribution is 2.23. The first-order valence-electron chi connectivity index (χ1n) is 10.1. The van der Waals surface area contributed by atoms with Gasteiger partial charge < -0.3 is 20.7 Å². The number of nitrogens with one attached hydrogen (secondary N) is 3. The van der Waals surface area contributed by atoms with Crippen molar-refractivity contribution in [1.29, 1.82) is 0 Å². The molecule has 7 nitrogen and oxygen atoms in total. The largest absolute Gasteiger partial charge is 0.434 e. The molecule has 0 aromatic heterocycles. The van der Waals surface area contributed by atoms with E-state index in [0.29, 0.717) is 19.0 Å². The second kappa shape index (κ2) is 14.3. The SMILES string of the molecule is CCCNC(=O)CN1CCC(NC(=NC)NCc2c(F)cccc2OC(F)F)CC1.I. The van der Waals surface area contributed by atoms with Crippen LogP contribution in [0.4, 0.5) is 13.2 Å². The number of likely N-dealkylation sites (tertiary alicyclic amines) is 1. The monoisotopic (exact) mass is 557 g/mol. The molecular formula is C20H31F3IN5O2. The summed E-state index contributed by atoms with van der Waals surface area (Å²) in [5, 5.41) is 9.09. The summed E-state index contributed by atoms with van der Waals surface area (Å²) in [7, 11) is 1.58. The molecule has 0 saturated carbocycles. The topological polar surface area (TPSA) is 78.0 Å². The number of hydrogen-bond acceptors (Lipinski definition) is 4. The smallest absolute Gasteiger partial charge is 0.387 e. The number of ether oxygens (including phenoxy) is 1. The first-order valence-corrected chi connectivity index (χ1v) is 10.1. The van der Waals surface area contributed by atoms with E-state index < -0.39 is 12.4 Å². The van der Waals surface area contributed by atoms with Crippen LogP contribution in [0.1, 0.15) is 31.7 Å². The van der Waals surface area contributed by atoms with E-state index in [1.54, 1.807) is 7.05 Å². The second-order valence-electron chi connectivity index (χ2n) is 7.07. The summed E-state index contributed by atoms with van der Waals surface area (Å²) < 4.78 is 43.6. The minimum Gasteiger partial charge on any atom is -0.434 e. The maximum atomic E-state index is 14.1. The molecule has 1 aliphatic heterocycles. The van der Waals surface area contributed by atoms with Crippen molar-refractivity contribution in [3.63, 3.8) is 0 Å². The predicted molar refractivity (Wildman–Crippen MR) is 125 cm³/mol. The van der Waals surface area contributed by atoms with E-state index in [1.807, 2.05) is 6.92 Å². The fraction of sp³-hybridized carbons (Fsp3) is 0.600. The van der Waals surface area contributed by atoms with Crippen LogP contribution in [-0.2, 0) is 11.3 Å². The summed E-state index contributed by atoms with van der Waals surface area (Å²) in [5.41, 5.74) is 0.00802. The Labute approximate surface area is 198 Å². The van der Waals surface area contributed by atoms with Crippen molar-refractivity contribution in [2.24, 2.45) is 4.99 Å². The van der Waals surface area contributed by atoms with Crippen molar-refractivity contribution in [3.8, 4) is 5.75 Å². The van der Waals surface area contributed by atoms with Crippen molar-refractivity contribution in [3.05, 3.63) is 29.6 Å². The Balaban J connectivity index is 0.00000480. The number of halogens is 4. The maximum absolute atomic E-state index is 14.1. The molecule has 31 heavy (non-hydrogen) atoms.